The largest absolute Gasteiger partial charge is 0.383 e. The molecule has 0 aliphatic carbocycles. The number of benzene rings is 1. The first-order valence-electron chi connectivity index (χ1n) is 5.84. The molecular weight excluding hydrogens is 235 g/mol. The fourth-order valence-electron chi connectivity index (χ4n) is 1.53. The van der Waals surface area contributed by atoms with Crippen LogP contribution in [-0.2, 0) is 9.53 Å². The summed E-state index contributed by atoms with van der Waals surface area (Å²) in [6.07, 6.45) is 0. The van der Waals surface area contributed by atoms with Crippen molar-refractivity contribution >= 4 is 11.6 Å². The number of hydrogen-bond acceptors (Lipinski definition) is 3. The van der Waals surface area contributed by atoms with Gasteiger partial charge in [-0.3, -0.25) is 4.79 Å². The predicted octanol–water partition coefficient (Wildman–Crippen LogP) is 1.70. The second kappa shape index (κ2) is 6.96. The van der Waals surface area contributed by atoms with E-state index in [1.165, 1.54) is 6.07 Å². The van der Waals surface area contributed by atoms with Crippen LogP contribution in [0, 0.1) is 12.7 Å². The van der Waals surface area contributed by atoms with Gasteiger partial charge < -0.3 is 15.4 Å². The first-order chi connectivity index (χ1) is 8.56. The Morgan fingerprint density at radius 3 is 2.83 bits per heavy atom. The van der Waals surface area contributed by atoms with Crippen LogP contribution in [0.15, 0.2) is 18.2 Å². The van der Waals surface area contributed by atoms with E-state index in [1.807, 2.05) is 0 Å². The van der Waals surface area contributed by atoms with E-state index in [1.54, 1.807) is 33.1 Å². The van der Waals surface area contributed by atoms with Crippen molar-refractivity contribution < 1.29 is 13.9 Å². The van der Waals surface area contributed by atoms with Gasteiger partial charge >= 0.3 is 0 Å². The monoisotopic (exact) mass is 254 g/mol. The molecule has 4 nitrogen and oxygen atoms in total. The van der Waals surface area contributed by atoms with E-state index >= 15 is 0 Å². The molecular formula is C13H19FN2O2. The van der Waals surface area contributed by atoms with Gasteiger partial charge in [0.2, 0.25) is 5.91 Å². The van der Waals surface area contributed by atoms with Crippen LogP contribution in [0.5, 0.6) is 0 Å². The Morgan fingerprint density at radius 2 is 2.22 bits per heavy atom. The van der Waals surface area contributed by atoms with E-state index in [-0.39, 0.29) is 11.7 Å². The van der Waals surface area contributed by atoms with Gasteiger partial charge in [0, 0.05) is 13.7 Å². The third-order valence-electron chi connectivity index (χ3n) is 2.58. The summed E-state index contributed by atoms with van der Waals surface area (Å²) in [7, 11) is 1.57. The molecule has 0 bridgehead atoms. The molecule has 0 saturated heterocycles. The Balaban J connectivity index is 2.58. The van der Waals surface area contributed by atoms with Gasteiger partial charge in [0.15, 0.2) is 0 Å². The van der Waals surface area contributed by atoms with Crippen LogP contribution < -0.4 is 10.6 Å². The summed E-state index contributed by atoms with van der Waals surface area (Å²) in [6.45, 7) is 4.38. The number of hydrogen-bond donors (Lipinski definition) is 2. The molecule has 0 radical (unpaired) electrons. The van der Waals surface area contributed by atoms with E-state index in [4.69, 9.17) is 4.74 Å². The van der Waals surface area contributed by atoms with Crippen molar-refractivity contribution in [2.45, 2.75) is 19.9 Å². The van der Waals surface area contributed by atoms with Crippen LogP contribution >= 0.6 is 0 Å². The molecule has 1 aromatic rings. The Morgan fingerprint density at radius 1 is 1.50 bits per heavy atom. The van der Waals surface area contributed by atoms with Crippen molar-refractivity contribution in [2.24, 2.45) is 0 Å². The summed E-state index contributed by atoms with van der Waals surface area (Å²) >= 11 is 0. The normalized spacial score (nSPS) is 12.0. The van der Waals surface area contributed by atoms with Crippen molar-refractivity contribution in [1.29, 1.82) is 0 Å². The number of methoxy groups -OCH3 is 1. The minimum absolute atomic E-state index is 0.185. The SMILES string of the molecule is COCCNC(=O)C(C)Nc1c(C)cccc1F. The maximum Gasteiger partial charge on any atom is 0.242 e. The third-order valence-corrected chi connectivity index (χ3v) is 2.58. The number of anilines is 1. The third kappa shape index (κ3) is 4.00. The lowest BCUT2D eigenvalue weighted by Gasteiger charge is -2.17. The lowest BCUT2D eigenvalue weighted by molar-refractivity contribution is -0.121. The number of ether oxygens (including phenoxy) is 1. The Labute approximate surface area is 107 Å². The summed E-state index contributed by atoms with van der Waals surface area (Å²) < 4.78 is 18.4. The smallest absolute Gasteiger partial charge is 0.242 e. The maximum absolute atomic E-state index is 13.6. The number of amides is 1. The molecule has 0 spiro atoms. The van der Waals surface area contributed by atoms with E-state index in [0.717, 1.165) is 5.56 Å². The first kappa shape index (κ1) is 14.4. The van der Waals surface area contributed by atoms with Crippen LogP contribution in [0.3, 0.4) is 0 Å². The highest BCUT2D eigenvalue weighted by molar-refractivity contribution is 5.84. The van der Waals surface area contributed by atoms with Crippen LogP contribution in [0.25, 0.3) is 0 Å². The van der Waals surface area contributed by atoms with Crippen molar-refractivity contribution in [3.05, 3.63) is 29.6 Å². The van der Waals surface area contributed by atoms with E-state index in [0.29, 0.717) is 18.8 Å². The van der Waals surface area contributed by atoms with E-state index in [2.05, 4.69) is 10.6 Å². The minimum atomic E-state index is -0.502. The highest BCUT2D eigenvalue weighted by Gasteiger charge is 2.14. The van der Waals surface area contributed by atoms with Crippen LogP contribution in [-0.4, -0.2) is 32.2 Å². The quantitative estimate of drug-likeness (QED) is 0.760. The van der Waals surface area contributed by atoms with Gasteiger partial charge in [0.25, 0.3) is 0 Å². The lowest BCUT2D eigenvalue weighted by atomic mass is 10.1. The van der Waals surface area contributed by atoms with E-state index < -0.39 is 6.04 Å². The van der Waals surface area contributed by atoms with E-state index in [9.17, 15) is 9.18 Å². The maximum atomic E-state index is 13.6. The topological polar surface area (TPSA) is 50.4 Å². The number of carbonyl (C=O) groups is 1. The molecule has 100 valence electrons. The summed E-state index contributed by atoms with van der Waals surface area (Å²) in [5.41, 5.74) is 1.14. The van der Waals surface area contributed by atoms with Crippen molar-refractivity contribution in [2.75, 3.05) is 25.6 Å². The van der Waals surface area contributed by atoms with Gasteiger partial charge in [-0.1, -0.05) is 12.1 Å². The van der Waals surface area contributed by atoms with Gasteiger partial charge in [-0.2, -0.15) is 0 Å². The second-order valence-electron chi connectivity index (χ2n) is 4.08. The summed E-state index contributed by atoms with van der Waals surface area (Å²) in [6, 6.07) is 4.29. The molecule has 1 unspecified atom stereocenters. The molecule has 1 atom stereocenters. The predicted molar refractivity (Wildman–Crippen MR) is 69.1 cm³/mol. The molecule has 0 aliphatic rings. The Hall–Kier alpha value is -1.62. The van der Waals surface area contributed by atoms with Gasteiger partial charge in [0.05, 0.1) is 12.3 Å². The highest BCUT2D eigenvalue weighted by Crippen LogP contribution is 2.19. The molecule has 0 aliphatic heterocycles. The molecule has 0 fully saturated rings. The fraction of sp³-hybridized carbons (Fsp3) is 0.462. The summed E-state index contributed by atoms with van der Waals surface area (Å²) in [5.74, 6) is -0.541. The molecule has 0 heterocycles. The standard InChI is InChI=1S/C13H19FN2O2/c1-9-5-4-6-11(14)12(9)16-10(2)13(17)15-7-8-18-3/h4-6,10,16H,7-8H2,1-3H3,(H,15,17). The first-order valence-corrected chi connectivity index (χ1v) is 5.84. The molecule has 1 aromatic carbocycles. The molecule has 0 saturated carbocycles. The van der Waals surface area contributed by atoms with Crippen molar-refractivity contribution in [3.63, 3.8) is 0 Å². The Kier molecular flexibility index (Phi) is 5.58. The number of carbonyl (C=O) groups excluding carboxylic acids is 1. The van der Waals surface area contributed by atoms with Crippen molar-refractivity contribution in [1.82, 2.24) is 5.32 Å². The van der Waals surface area contributed by atoms with Gasteiger partial charge in [0.1, 0.15) is 11.9 Å². The number of halogens is 1. The van der Waals surface area contributed by atoms with Crippen LogP contribution in [0.1, 0.15) is 12.5 Å². The molecule has 2 N–H and O–H groups in total. The van der Waals surface area contributed by atoms with Crippen molar-refractivity contribution in [3.8, 4) is 0 Å². The fourth-order valence-corrected chi connectivity index (χ4v) is 1.53. The minimum Gasteiger partial charge on any atom is -0.383 e. The van der Waals surface area contributed by atoms with Gasteiger partial charge in [-0.05, 0) is 25.5 Å². The lowest BCUT2D eigenvalue weighted by Crippen LogP contribution is -2.39. The molecule has 18 heavy (non-hydrogen) atoms. The summed E-state index contributed by atoms with van der Waals surface area (Å²) in [4.78, 5) is 11.7. The molecule has 1 rings (SSSR count). The molecule has 1 amide bonds. The summed E-state index contributed by atoms with van der Waals surface area (Å²) in [5, 5.41) is 5.57. The average molecular weight is 254 g/mol. The second-order valence-corrected chi connectivity index (χ2v) is 4.08. The zero-order valence-corrected chi connectivity index (χ0v) is 10.9. The number of aryl methyl sites for hydroxylation is 1. The zero-order valence-electron chi connectivity index (χ0n) is 10.9. The Bertz CT molecular complexity index is 390. The molecule has 0 aromatic heterocycles. The average Bonchev–Trinajstić information content (AvgIpc) is 2.34. The van der Waals surface area contributed by atoms with Crippen LogP contribution in [0.4, 0.5) is 10.1 Å². The van der Waals surface area contributed by atoms with Gasteiger partial charge in [-0.15, -0.1) is 0 Å². The highest BCUT2D eigenvalue weighted by atomic mass is 19.1. The number of para-hydroxylation sites is 1. The molecule has 5 heteroatoms. The van der Waals surface area contributed by atoms with Crippen LogP contribution in [0.2, 0.25) is 0 Å². The number of rotatable bonds is 6. The zero-order chi connectivity index (χ0) is 13.5. The van der Waals surface area contributed by atoms with Gasteiger partial charge in [-0.25, -0.2) is 4.39 Å². The number of nitrogens with one attached hydrogen (secondary N) is 2.